The van der Waals surface area contributed by atoms with Gasteiger partial charge < -0.3 is 31.0 Å². The summed E-state index contributed by atoms with van der Waals surface area (Å²) in [5.74, 6) is -0.0561. The fraction of sp³-hybridized carbons (Fsp3) is 0.377. The first kappa shape index (κ1) is 67.0. The smallest absolute Gasteiger partial charge is 0.744 e. The number of anilines is 1. The third-order valence-electron chi connectivity index (χ3n) is 13.4. The number of fused-ring (bicyclic) bond motifs is 2. The average molecular weight is 1130 g/mol. The van der Waals surface area contributed by atoms with E-state index in [0.29, 0.717) is 55.7 Å². The molecule has 1 N–H and O–H groups in total. The van der Waals surface area contributed by atoms with Gasteiger partial charge in [-0.25, -0.2) is 16.8 Å². The molecular formula is C53H60N4Na3O13S3+. The van der Waals surface area contributed by atoms with Gasteiger partial charge in [-0.1, -0.05) is 44.0 Å². The molecule has 1 aliphatic carbocycles. The van der Waals surface area contributed by atoms with Gasteiger partial charge in [-0.2, -0.15) is 11.0 Å². The number of imide groups is 1. The summed E-state index contributed by atoms with van der Waals surface area (Å²) >= 11 is 0. The van der Waals surface area contributed by atoms with Crippen molar-refractivity contribution in [2.24, 2.45) is 0 Å². The van der Waals surface area contributed by atoms with Crippen LogP contribution in [0, 0.1) is 13.8 Å². The minimum atomic E-state index is -4.75. The summed E-state index contributed by atoms with van der Waals surface area (Å²) < 4.78 is 106. The zero-order valence-corrected chi connectivity index (χ0v) is 53.0. The van der Waals surface area contributed by atoms with Gasteiger partial charge in [0.05, 0.1) is 15.2 Å². The number of hydrogen-bond donors (Lipinski definition) is 1. The van der Waals surface area contributed by atoms with Gasteiger partial charge >= 0.3 is 99.3 Å². The third-order valence-corrected chi connectivity index (χ3v) is 15.0. The fourth-order valence-corrected chi connectivity index (χ4v) is 10.6. The first-order chi connectivity index (χ1) is 34.3. The summed E-state index contributed by atoms with van der Waals surface area (Å²) in [6.45, 7) is 16.2. The fourth-order valence-electron chi connectivity index (χ4n) is 9.63. The largest absolute Gasteiger partial charge is 1.00 e. The number of carbonyl (C=O) groups excluding carboxylic acids is 3. The van der Waals surface area contributed by atoms with Crippen molar-refractivity contribution in [2.75, 3.05) is 31.1 Å². The van der Waals surface area contributed by atoms with Crippen molar-refractivity contribution < 1.29 is 151 Å². The minimum Gasteiger partial charge on any atom is -0.744 e. The van der Waals surface area contributed by atoms with Gasteiger partial charge in [0.2, 0.25) is 11.6 Å². The SMILES string of the molecule is O=S(=O)=O.[CH2-]CCCN1C(=CC=C2CCCC(C=CC3=[N+](CCCCCC(=O)NCCN4C(=O)C=CC4=O)c4ccc(S(=O)(=O)[O-])cc4C3(C)C)=C2Oc2ccc(S(=O)(=O)[O-])cc2)C(C)(C)c2cc(C)ccc21.[Na+].[Na+].[Na+]. The van der Waals surface area contributed by atoms with Gasteiger partial charge in [0.1, 0.15) is 38.3 Å². The van der Waals surface area contributed by atoms with Crippen LogP contribution in [-0.2, 0) is 56.1 Å². The number of nitrogens with zero attached hydrogens (tertiary/aromatic N) is 3. The number of carbonyl (C=O) groups is 3. The first-order valence-electron chi connectivity index (χ1n) is 23.9. The molecule has 3 aliphatic heterocycles. The van der Waals surface area contributed by atoms with Crippen LogP contribution >= 0.6 is 0 Å². The van der Waals surface area contributed by atoms with Crippen molar-refractivity contribution in [3.05, 3.63) is 143 Å². The quantitative estimate of drug-likeness (QED) is 0.0344. The Hall–Kier alpha value is -3.32. The Balaban J connectivity index is 0.00000210. The van der Waals surface area contributed by atoms with Gasteiger partial charge in [-0.05, 0) is 124 Å². The molecule has 0 unspecified atom stereocenters. The van der Waals surface area contributed by atoms with Crippen LogP contribution < -0.4 is 104 Å². The Morgan fingerprint density at radius 1 is 0.776 bits per heavy atom. The Bertz CT molecular complexity index is 3200. The Kier molecular flexibility index (Phi) is 25.3. The standard InChI is InChI=1S/C53H62N4O10S2.3Na.O3S/c1-7-8-31-55-44-24-16-36(2)34-42(44)52(3,4)46(55)26-17-37-13-12-14-38(51(37)67-39-19-21-40(22-20-39)68(61,62)63)18-27-47-53(5,6)43-35-41(69(64,65)66)23-25-45(43)56(47)32-11-9-10-15-48(58)54-30-33-57-49(59)28-29-50(57)60;;;;1-4(2)3/h16-29,34-35H,1,7-15,30-33H2,2-6H3,(H,54,58)(H,61,62,63)(H,64,65,66);;;;/q;3*+1;/p-2. The van der Waals surface area contributed by atoms with E-state index in [2.05, 4.69) is 72.8 Å². The predicted molar refractivity (Wildman–Crippen MR) is 272 cm³/mol. The van der Waals surface area contributed by atoms with Crippen molar-refractivity contribution in [1.29, 1.82) is 0 Å². The number of unbranched alkanes of at least 4 members (excludes halogenated alkanes) is 3. The molecule has 390 valence electrons. The van der Waals surface area contributed by atoms with E-state index in [1.165, 1.54) is 65.4 Å². The van der Waals surface area contributed by atoms with Gasteiger partial charge in [0.15, 0.2) is 5.71 Å². The monoisotopic (exact) mass is 1130 g/mol. The van der Waals surface area contributed by atoms with E-state index in [4.69, 9.17) is 17.4 Å². The summed E-state index contributed by atoms with van der Waals surface area (Å²) in [7, 11) is -12.5. The average Bonchev–Trinajstić information content (AvgIpc) is 3.83. The summed E-state index contributed by atoms with van der Waals surface area (Å²) in [6.07, 6.45) is 16.7. The van der Waals surface area contributed by atoms with Crippen molar-refractivity contribution >= 4 is 65.7 Å². The number of benzene rings is 3. The molecule has 0 spiro atoms. The molecule has 7 rings (SSSR count). The van der Waals surface area contributed by atoms with Crippen LogP contribution in [0.1, 0.15) is 102 Å². The topological polar surface area (TPSA) is 248 Å². The number of amides is 3. The summed E-state index contributed by atoms with van der Waals surface area (Å²) in [5, 5.41) is 2.78. The van der Waals surface area contributed by atoms with E-state index in [-0.39, 0.29) is 129 Å². The van der Waals surface area contributed by atoms with E-state index in [1.54, 1.807) is 6.07 Å². The molecule has 0 saturated heterocycles. The third kappa shape index (κ3) is 16.6. The molecule has 0 atom stereocenters. The molecule has 0 saturated carbocycles. The maximum Gasteiger partial charge on any atom is 1.00 e. The molecule has 23 heteroatoms. The van der Waals surface area contributed by atoms with Crippen LogP contribution in [0.4, 0.5) is 11.4 Å². The maximum atomic E-state index is 12.6. The molecule has 3 amide bonds. The summed E-state index contributed by atoms with van der Waals surface area (Å²) in [4.78, 5) is 39.1. The van der Waals surface area contributed by atoms with E-state index in [9.17, 15) is 40.3 Å². The first-order valence-corrected chi connectivity index (χ1v) is 27.7. The molecule has 0 radical (unpaired) electrons. The van der Waals surface area contributed by atoms with Crippen molar-refractivity contribution in [3.63, 3.8) is 0 Å². The van der Waals surface area contributed by atoms with Gasteiger partial charge in [-0.3, -0.25) is 19.3 Å². The maximum absolute atomic E-state index is 12.6. The second-order valence-corrected chi connectivity index (χ2v) is 22.3. The molecule has 0 bridgehead atoms. The number of ether oxygens (including phenoxy) is 1. The number of rotatable bonds is 19. The molecule has 76 heavy (non-hydrogen) atoms. The Morgan fingerprint density at radius 3 is 2.03 bits per heavy atom. The van der Waals surface area contributed by atoms with E-state index < -0.39 is 48.1 Å². The molecule has 4 aliphatic rings. The van der Waals surface area contributed by atoms with Gasteiger partial charge in [0, 0.05) is 79.1 Å². The second kappa shape index (κ2) is 28.7. The van der Waals surface area contributed by atoms with Crippen LogP contribution in [0.2, 0.25) is 0 Å². The van der Waals surface area contributed by atoms with Crippen molar-refractivity contribution in [2.45, 2.75) is 113 Å². The molecule has 3 heterocycles. The van der Waals surface area contributed by atoms with E-state index >= 15 is 0 Å². The molecule has 3 aromatic rings. The molecule has 0 aromatic heterocycles. The zero-order chi connectivity index (χ0) is 53.5. The predicted octanol–water partition coefficient (Wildman–Crippen LogP) is -1.92. The summed E-state index contributed by atoms with van der Waals surface area (Å²) in [5.41, 5.74) is 7.77. The molecular weight excluding hydrogens is 1070 g/mol. The molecule has 17 nitrogen and oxygen atoms in total. The number of hydrogen-bond acceptors (Lipinski definition) is 14. The number of nitrogens with one attached hydrogen (secondary N) is 1. The van der Waals surface area contributed by atoms with E-state index in [1.807, 2.05) is 26.0 Å². The minimum absolute atomic E-state index is 0. The Morgan fingerprint density at radius 2 is 1.41 bits per heavy atom. The molecule has 0 fully saturated rings. The number of aryl methyl sites for hydroxylation is 1. The van der Waals surface area contributed by atoms with Gasteiger partial charge in [0.25, 0.3) is 11.8 Å². The Labute approximate surface area is 514 Å². The van der Waals surface area contributed by atoms with Crippen molar-refractivity contribution in [1.82, 2.24) is 10.2 Å². The van der Waals surface area contributed by atoms with Crippen LogP contribution in [0.3, 0.4) is 0 Å². The molecule has 3 aromatic carbocycles. The normalized spacial score (nSPS) is 17.5. The van der Waals surface area contributed by atoms with Crippen LogP contribution in [-0.4, -0.2) is 97.7 Å². The van der Waals surface area contributed by atoms with Gasteiger partial charge in [-0.15, -0.1) is 12.6 Å². The van der Waals surface area contributed by atoms with E-state index in [0.717, 1.165) is 58.9 Å². The second-order valence-electron chi connectivity index (χ2n) is 19.1. The van der Waals surface area contributed by atoms with Crippen LogP contribution in [0.5, 0.6) is 5.75 Å². The van der Waals surface area contributed by atoms with Crippen molar-refractivity contribution in [3.8, 4) is 5.75 Å². The number of allylic oxidation sites excluding steroid dienone is 7. The summed E-state index contributed by atoms with van der Waals surface area (Å²) in [6, 6.07) is 16.4. The van der Waals surface area contributed by atoms with Crippen LogP contribution in [0.15, 0.2) is 130 Å². The van der Waals surface area contributed by atoms with Crippen LogP contribution in [0.25, 0.3) is 0 Å². The zero-order valence-electron chi connectivity index (χ0n) is 44.5.